The first kappa shape index (κ1) is 18.7. The molecule has 0 saturated heterocycles. The zero-order valence-corrected chi connectivity index (χ0v) is 18.1. The lowest BCUT2D eigenvalue weighted by molar-refractivity contribution is 0.569. The number of hydrogen-bond acceptors (Lipinski definition) is 3. The number of halogens is 1. The maximum Gasteiger partial charge on any atom is 0.165 e. The molecule has 0 aliphatic carbocycles. The number of nitrogens with one attached hydrogen (secondary N) is 1. The van der Waals surface area contributed by atoms with E-state index in [2.05, 4.69) is 84.4 Å². The van der Waals surface area contributed by atoms with Gasteiger partial charge in [0.05, 0.1) is 11.9 Å². The van der Waals surface area contributed by atoms with Crippen molar-refractivity contribution in [3.8, 4) is 11.1 Å². The molecule has 5 heteroatoms. The molecule has 28 heavy (non-hydrogen) atoms. The first-order valence-electron chi connectivity index (χ1n) is 9.30. The molecule has 2 aromatic heterocycles. The summed E-state index contributed by atoms with van der Waals surface area (Å²) < 4.78 is 2.93. The van der Waals surface area contributed by atoms with Gasteiger partial charge in [-0.3, -0.25) is 0 Å². The lowest BCUT2D eigenvalue weighted by atomic mass is 9.92. The van der Waals surface area contributed by atoms with E-state index in [1.165, 1.54) is 5.56 Å². The fourth-order valence-electron chi connectivity index (χ4n) is 3.05. The van der Waals surface area contributed by atoms with Crippen LogP contribution in [0.4, 0.5) is 11.5 Å². The molecule has 4 nitrogen and oxygen atoms in total. The van der Waals surface area contributed by atoms with Gasteiger partial charge in [-0.15, -0.1) is 0 Å². The van der Waals surface area contributed by atoms with Crippen LogP contribution in [0.25, 0.3) is 16.8 Å². The fourth-order valence-corrected chi connectivity index (χ4v) is 3.32. The molecule has 1 N–H and O–H groups in total. The number of anilines is 2. The molecule has 0 fully saturated rings. The minimum absolute atomic E-state index is 0.0767. The summed E-state index contributed by atoms with van der Waals surface area (Å²) in [5, 5.41) is 8.14. The maximum absolute atomic E-state index is 4.97. The Hall–Kier alpha value is -2.66. The predicted molar refractivity (Wildman–Crippen MR) is 119 cm³/mol. The predicted octanol–water partition coefficient (Wildman–Crippen LogP) is 6.51. The largest absolute Gasteiger partial charge is 0.340 e. The van der Waals surface area contributed by atoms with Crippen LogP contribution in [-0.4, -0.2) is 14.6 Å². The minimum Gasteiger partial charge on any atom is -0.340 e. The van der Waals surface area contributed by atoms with Gasteiger partial charge in [0.1, 0.15) is 5.82 Å². The summed E-state index contributed by atoms with van der Waals surface area (Å²) in [6.45, 7) is 8.63. The van der Waals surface area contributed by atoms with Crippen LogP contribution in [0, 0.1) is 6.92 Å². The molecule has 142 valence electrons. The Bertz CT molecular complexity index is 1120. The van der Waals surface area contributed by atoms with Crippen LogP contribution in [0.15, 0.2) is 65.3 Å². The monoisotopic (exact) mass is 434 g/mol. The summed E-state index contributed by atoms with van der Waals surface area (Å²) in [6.07, 6.45) is 1.90. The molecule has 0 saturated carbocycles. The quantitative estimate of drug-likeness (QED) is 0.399. The summed E-state index contributed by atoms with van der Waals surface area (Å²) in [5.74, 6) is 0.899. The van der Waals surface area contributed by atoms with E-state index in [1.54, 1.807) is 0 Å². The van der Waals surface area contributed by atoms with Crippen LogP contribution in [0.2, 0.25) is 0 Å². The molecular weight excluding hydrogens is 412 g/mol. The van der Waals surface area contributed by atoms with Crippen molar-refractivity contribution in [3.05, 3.63) is 76.5 Å². The van der Waals surface area contributed by atoms with Crippen molar-refractivity contribution in [2.24, 2.45) is 0 Å². The highest BCUT2D eigenvalue weighted by Gasteiger charge is 2.20. The highest BCUT2D eigenvalue weighted by atomic mass is 79.9. The van der Waals surface area contributed by atoms with Crippen LogP contribution in [0.5, 0.6) is 0 Å². The first-order chi connectivity index (χ1) is 13.3. The van der Waals surface area contributed by atoms with E-state index in [0.29, 0.717) is 0 Å². The Morgan fingerprint density at radius 1 is 0.964 bits per heavy atom. The van der Waals surface area contributed by atoms with Gasteiger partial charge in [-0.05, 0) is 36.8 Å². The Balaban J connectivity index is 1.88. The van der Waals surface area contributed by atoms with Crippen LogP contribution >= 0.6 is 15.9 Å². The van der Waals surface area contributed by atoms with Crippen LogP contribution < -0.4 is 5.32 Å². The Kier molecular flexibility index (Phi) is 4.71. The maximum atomic E-state index is 4.97. The normalized spacial score (nSPS) is 11.8. The fraction of sp³-hybridized carbons (Fsp3) is 0.217. The van der Waals surface area contributed by atoms with E-state index in [1.807, 2.05) is 35.0 Å². The molecule has 0 unspecified atom stereocenters. The van der Waals surface area contributed by atoms with E-state index in [4.69, 9.17) is 4.98 Å². The van der Waals surface area contributed by atoms with Crippen LogP contribution in [0.1, 0.15) is 32.0 Å². The van der Waals surface area contributed by atoms with Crippen molar-refractivity contribution in [1.29, 1.82) is 0 Å². The third kappa shape index (κ3) is 3.67. The van der Waals surface area contributed by atoms with Gasteiger partial charge < -0.3 is 5.32 Å². The summed E-state index contributed by atoms with van der Waals surface area (Å²) in [5.41, 5.74) is 6.19. The average molecular weight is 435 g/mol. The SMILES string of the molecule is Cc1ccc(-c2cnn3c(Nc4ccc(Br)cc4)cc(C(C)(C)C)nc23)cc1. The smallest absolute Gasteiger partial charge is 0.165 e. The van der Waals surface area contributed by atoms with Gasteiger partial charge in [0.25, 0.3) is 0 Å². The first-order valence-corrected chi connectivity index (χ1v) is 10.1. The van der Waals surface area contributed by atoms with Crippen LogP contribution in [-0.2, 0) is 5.41 Å². The Morgan fingerprint density at radius 3 is 2.29 bits per heavy atom. The molecule has 0 bridgehead atoms. The molecule has 0 aliphatic rings. The third-order valence-electron chi connectivity index (χ3n) is 4.72. The van der Waals surface area contributed by atoms with Crippen molar-refractivity contribution >= 4 is 33.1 Å². The second-order valence-electron chi connectivity index (χ2n) is 8.07. The van der Waals surface area contributed by atoms with Gasteiger partial charge in [0.2, 0.25) is 0 Å². The molecular formula is C23H23BrN4. The van der Waals surface area contributed by atoms with Crippen LogP contribution in [0.3, 0.4) is 0 Å². The second-order valence-corrected chi connectivity index (χ2v) is 8.98. The second kappa shape index (κ2) is 7.06. The lowest BCUT2D eigenvalue weighted by Gasteiger charge is -2.20. The van der Waals surface area contributed by atoms with E-state index in [0.717, 1.165) is 38.4 Å². The topological polar surface area (TPSA) is 42.2 Å². The highest BCUT2D eigenvalue weighted by molar-refractivity contribution is 9.10. The Morgan fingerprint density at radius 2 is 1.64 bits per heavy atom. The number of rotatable bonds is 3. The van der Waals surface area contributed by atoms with Gasteiger partial charge in [-0.25, -0.2) is 4.98 Å². The standard InChI is InChI=1S/C23H23BrN4/c1-15-5-7-16(8-6-15)19-14-25-28-21(26-18-11-9-17(24)10-12-18)13-20(23(2,3)4)27-22(19)28/h5-14,26H,1-4H3. The number of hydrogen-bond donors (Lipinski definition) is 1. The molecule has 2 aromatic carbocycles. The van der Waals surface area contributed by atoms with Gasteiger partial charge in [-0.2, -0.15) is 9.61 Å². The zero-order valence-electron chi connectivity index (χ0n) is 16.5. The molecule has 0 spiro atoms. The average Bonchev–Trinajstić information content (AvgIpc) is 3.08. The zero-order chi connectivity index (χ0) is 19.9. The van der Waals surface area contributed by atoms with E-state index < -0.39 is 0 Å². The van der Waals surface area contributed by atoms with Crippen molar-refractivity contribution in [3.63, 3.8) is 0 Å². The molecule has 4 rings (SSSR count). The van der Waals surface area contributed by atoms with Gasteiger partial charge in [-0.1, -0.05) is 66.5 Å². The highest BCUT2D eigenvalue weighted by Crippen LogP contribution is 2.31. The number of fused-ring (bicyclic) bond motifs is 1. The van der Waals surface area contributed by atoms with Gasteiger partial charge >= 0.3 is 0 Å². The van der Waals surface area contributed by atoms with Gasteiger partial charge in [0, 0.05) is 27.2 Å². The molecule has 4 aromatic rings. The third-order valence-corrected chi connectivity index (χ3v) is 5.25. The lowest BCUT2D eigenvalue weighted by Crippen LogP contribution is -2.16. The molecule has 0 amide bonds. The van der Waals surface area contributed by atoms with E-state index in [9.17, 15) is 0 Å². The summed E-state index contributed by atoms with van der Waals surface area (Å²) >= 11 is 3.49. The molecule has 0 radical (unpaired) electrons. The van der Waals surface area contributed by atoms with E-state index in [-0.39, 0.29) is 5.41 Å². The number of aromatic nitrogens is 3. The number of benzene rings is 2. The Labute approximate surface area is 173 Å². The summed E-state index contributed by atoms with van der Waals surface area (Å²) in [4.78, 5) is 4.97. The molecule has 0 aliphatic heterocycles. The summed E-state index contributed by atoms with van der Waals surface area (Å²) in [6, 6.07) is 18.7. The van der Waals surface area contributed by atoms with E-state index >= 15 is 0 Å². The van der Waals surface area contributed by atoms with Crippen molar-refractivity contribution < 1.29 is 0 Å². The van der Waals surface area contributed by atoms with Crippen molar-refractivity contribution in [2.75, 3.05) is 5.32 Å². The van der Waals surface area contributed by atoms with Crippen molar-refractivity contribution in [2.45, 2.75) is 33.1 Å². The number of nitrogens with zero attached hydrogens (tertiary/aromatic N) is 3. The summed E-state index contributed by atoms with van der Waals surface area (Å²) in [7, 11) is 0. The van der Waals surface area contributed by atoms with Gasteiger partial charge in [0.15, 0.2) is 5.65 Å². The molecule has 2 heterocycles. The number of aryl methyl sites for hydroxylation is 1. The minimum atomic E-state index is -0.0767. The van der Waals surface area contributed by atoms with Crippen molar-refractivity contribution in [1.82, 2.24) is 14.6 Å². The molecule has 0 atom stereocenters.